The number of aromatic nitrogens is 1. The molecule has 3 aliphatic rings. The van der Waals surface area contributed by atoms with E-state index in [1.807, 2.05) is 6.07 Å². The number of anilines is 1. The number of fused-ring (bicyclic) bond motifs is 3. The van der Waals surface area contributed by atoms with Crippen molar-refractivity contribution >= 4 is 29.2 Å². The summed E-state index contributed by atoms with van der Waals surface area (Å²) in [5, 5.41) is 0.109. The van der Waals surface area contributed by atoms with E-state index in [4.69, 9.17) is 25.8 Å². The molecule has 3 atom stereocenters. The molecule has 0 aliphatic heterocycles. The number of rotatable bonds is 10. The number of esters is 1. The van der Waals surface area contributed by atoms with E-state index in [9.17, 15) is 22.8 Å². The lowest BCUT2D eigenvalue weighted by molar-refractivity contribution is -0.174. The third kappa shape index (κ3) is 6.97. The molecule has 280 valence electrons. The molecular weight excluding hydrogens is 700 g/mol. The maximum Gasteiger partial charge on any atom is 0.471 e. The van der Waals surface area contributed by atoms with E-state index >= 15 is 4.39 Å². The largest absolute Gasteiger partial charge is 0.493 e. The van der Waals surface area contributed by atoms with Gasteiger partial charge >= 0.3 is 18.1 Å². The molecule has 0 radical (unpaired) electrons. The molecule has 0 N–H and O–H groups in total. The second-order valence-electron chi connectivity index (χ2n) is 14.7. The molecule has 0 unspecified atom stereocenters. The summed E-state index contributed by atoms with van der Waals surface area (Å²) in [7, 11) is 1.11. The number of carbonyl (C=O) groups excluding carboxylic acids is 2. The smallest absolute Gasteiger partial charge is 0.471 e. The Morgan fingerprint density at radius 1 is 1.08 bits per heavy atom. The van der Waals surface area contributed by atoms with E-state index in [2.05, 4.69) is 18.8 Å². The number of alkyl halides is 3. The van der Waals surface area contributed by atoms with Crippen LogP contribution in [0.4, 0.5) is 23.2 Å². The van der Waals surface area contributed by atoms with Crippen LogP contribution >= 0.6 is 11.6 Å². The topological polar surface area (TPSA) is 78.0 Å². The molecule has 3 aliphatic carbocycles. The van der Waals surface area contributed by atoms with E-state index in [0.29, 0.717) is 30.3 Å². The number of pyridine rings is 1. The van der Waals surface area contributed by atoms with E-state index in [-0.39, 0.29) is 60.6 Å². The zero-order valence-electron chi connectivity index (χ0n) is 30.0. The minimum Gasteiger partial charge on any atom is -0.493 e. The van der Waals surface area contributed by atoms with Gasteiger partial charge in [0, 0.05) is 28.2 Å². The highest BCUT2D eigenvalue weighted by molar-refractivity contribution is 6.31. The van der Waals surface area contributed by atoms with Crippen molar-refractivity contribution in [2.24, 2.45) is 11.8 Å². The van der Waals surface area contributed by atoms with Crippen molar-refractivity contribution in [3.05, 3.63) is 81.9 Å². The summed E-state index contributed by atoms with van der Waals surface area (Å²) in [5.41, 5.74) is 1.13. The summed E-state index contributed by atoms with van der Waals surface area (Å²) < 4.78 is 75.5. The van der Waals surface area contributed by atoms with E-state index in [1.165, 1.54) is 30.3 Å². The summed E-state index contributed by atoms with van der Waals surface area (Å²) in [6, 6.07) is 10.6. The molecule has 1 aromatic heterocycles. The highest BCUT2D eigenvalue weighted by Crippen LogP contribution is 2.58. The van der Waals surface area contributed by atoms with Crippen molar-refractivity contribution in [3.8, 4) is 11.5 Å². The molecule has 52 heavy (non-hydrogen) atoms. The zero-order valence-corrected chi connectivity index (χ0v) is 30.7. The number of methoxy groups -OCH3 is 1. The Morgan fingerprint density at radius 2 is 1.83 bits per heavy atom. The number of hydrogen-bond donors (Lipinski definition) is 0. The fourth-order valence-electron chi connectivity index (χ4n) is 9.13. The van der Waals surface area contributed by atoms with Gasteiger partial charge in [-0.1, -0.05) is 31.5 Å². The average Bonchev–Trinajstić information content (AvgIpc) is 3.38. The van der Waals surface area contributed by atoms with Crippen molar-refractivity contribution in [2.45, 2.75) is 102 Å². The van der Waals surface area contributed by atoms with Gasteiger partial charge in [-0.2, -0.15) is 13.2 Å². The summed E-state index contributed by atoms with van der Waals surface area (Å²) >= 11 is 6.20. The molecule has 1 amide bonds. The number of halogens is 5. The maximum absolute atomic E-state index is 15.3. The second-order valence-corrected chi connectivity index (χ2v) is 15.1. The van der Waals surface area contributed by atoms with Gasteiger partial charge in [0.1, 0.15) is 11.3 Å². The Balaban J connectivity index is 1.34. The van der Waals surface area contributed by atoms with Gasteiger partial charge in [0.05, 0.1) is 20.3 Å². The molecule has 6 rings (SSSR count). The van der Waals surface area contributed by atoms with Gasteiger partial charge in [-0.15, -0.1) is 0 Å². The third-order valence-electron chi connectivity index (χ3n) is 11.5. The van der Waals surface area contributed by atoms with E-state index < -0.39 is 34.8 Å². The summed E-state index contributed by atoms with van der Waals surface area (Å²) in [5.74, 6) is -2.32. The van der Waals surface area contributed by atoms with Crippen LogP contribution in [0.25, 0.3) is 0 Å². The minimum atomic E-state index is -5.29. The number of ether oxygens (including phenoxy) is 3. The summed E-state index contributed by atoms with van der Waals surface area (Å²) in [6.45, 7) is 6.74. The van der Waals surface area contributed by atoms with Crippen molar-refractivity contribution < 1.29 is 41.4 Å². The minimum absolute atomic E-state index is 0.0529. The van der Waals surface area contributed by atoms with Crippen LogP contribution in [-0.2, 0) is 32.6 Å². The van der Waals surface area contributed by atoms with Crippen LogP contribution in [0, 0.1) is 17.7 Å². The zero-order chi connectivity index (χ0) is 37.4. The number of aryl methyl sites for hydroxylation is 1. The van der Waals surface area contributed by atoms with Crippen LogP contribution in [0.1, 0.15) is 94.0 Å². The van der Waals surface area contributed by atoms with Crippen molar-refractivity contribution in [1.82, 2.24) is 4.98 Å². The quantitative estimate of drug-likeness (QED) is 0.152. The predicted molar refractivity (Wildman–Crippen MR) is 190 cm³/mol. The first-order valence-corrected chi connectivity index (χ1v) is 18.4. The predicted octanol–water partition coefficient (Wildman–Crippen LogP) is 9.31. The number of amides is 1. The molecule has 1 spiro atoms. The lowest BCUT2D eigenvalue weighted by Crippen LogP contribution is -2.63. The van der Waals surface area contributed by atoms with Gasteiger partial charge < -0.3 is 14.2 Å². The Kier molecular flexibility index (Phi) is 10.8. The maximum atomic E-state index is 15.3. The SMILES string of the molecule is CCOc1cc2c(cc1F)C[C@H](C[C@@H](C)COc1ccnc3c1[C@H](C)CCC3)C21CCC(C(=O)OC)(N(C(=O)C(F)(F)F)c2cccc(Cl)c2)CC1. The molecule has 1 saturated carbocycles. The molecule has 7 nitrogen and oxygen atoms in total. The Hall–Kier alpha value is -3.86. The van der Waals surface area contributed by atoms with E-state index in [1.54, 1.807) is 19.2 Å². The monoisotopic (exact) mass is 744 g/mol. The summed E-state index contributed by atoms with van der Waals surface area (Å²) in [6.07, 6.45) is 1.02. The molecular formula is C40H45ClF4N2O5. The van der Waals surface area contributed by atoms with Crippen LogP contribution in [0.15, 0.2) is 48.7 Å². The van der Waals surface area contributed by atoms with Gasteiger partial charge in [0.2, 0.25) is 0 Å². The Bertz CT molecular complexity index is 1810. The van der Waals surface area contributed by atoms with Crippen LogP contribution < -0.4 is 14.4 Å². The number of hydrogen-bond acceptors (Lipinski definition) is 6. The van der Waals surface area contributed by atoms with Crippen LogP contribution in [0.5, 0.6) is 11.5 Å². The van der Waals surface area contributed by atoms with Crippen molar-refractivity contribution in [1.29, 1.82) is 0 Å². The van der Waals surface area contributed by atoms with Gasteiger partial charge in [0.25, 0.3) is 0 Å². The van der Waals surface area contributed by atoms with Crippen molar-refractivity contribution in [3.63, 3.8) is 0 Å². The van der Waals surface area contributed by atoms with Crippen LogP contribution in [0.2, 0.25) is 5.02 Å². The first-order chi connectivity index (χ1) is 24.7. The van der Waals surface area contributed by atoms with Crippen LogP contribution in [-0.4, -0.2) is 48.9 Å². The number of benzene rings is 2. The van der Waals surface area contributed by atoms with Crippen LogP contribution in [0.3, 0.4) is 0 Å². The number of nitrogens with zero attached hydrogens (tertiary/aromatic N) is 2. The fourth-order valence-corrected chi connectivity index (χ4v) is 9.32. The Labute approximate surface area is 307 Å². The molecule has 1 fully saturated rings. The Morgan fingerprint density at radius 3 is 2.50 bits per heavy atom. The third-order valence-corrected chi connectivity index (χ3v) is 11.7. The average molecular weight is 745 g/mol. The summed E-state index contributed by atoms with van der Waals surface area (Å²) in [4.78, 5) is 32.1. The van der Waals surface area contributed by atoms with Gasteiger partial charge in [-0.3, -0.25) is 14.7 Å². The van der Waals surface area contributed by atoms with Crippen molar-refractivity contribution in [2.75, 3.05) is 25.2 Å². The molecule has 0 saturated heterocycles. The van der Waals surface area contributed by atoms with Gasteiger partial charge in [0.15, 0.2) is 11.6 Å². The highest BCUT2D eigenvalue weighted by Gasteiger charge is 2.60. The first kappa shape index (κ1) is 37.9. The molecule has 0 bridgehead atoms. The first-order valence-electron chi connectivity index (χ1n) is 18.1. The fraction of sp³-hybridized carbons (Fsp3) is 0.525. The normalized spacial score (nSPS) is 24.5. The van der Waals surface area contributed by atoms with Gasteiger partial charge in [-0.25, -0.2) is 9.18 Å². The number of carbonyl (C=O) groups is 2. The van der Waals surface area contributed by atoms with E-state index in [0.717, 1.165) is 54.5 Å². The highest BCUT2D eigenvalue weighted by atomic mass is 35.5. The standard InChI is InChI=1S/C40H45ClF4N2O5/c1-5-51-34-22-30-26(20-31(34)42)19-27(18-24(2)23-52-33-12-17-46-32-11-6-8-25(3)35(32)33)38(30)13-15-39(16-14-38,37(49)50-4)47(36(48)40(43,44)45)29-10-7-9-28(41)21-29/h7,9-10,12,17,20-22,24-25,27H,5-6,8,11,13-16,18-19,23H2,1-4H3/t24-,25-,27+,38?,39?/m1/s1. The molecule has 12 heteroatoms. The molecule has 1 heterocycles. The lowest BCUT2D eigenvalue weighted by Gasteiger charge is -2.51. The van der Waals surface area contributed by atoms with Gasteiger partial charge in [-0.05, 0) is 135 Å². The molecule has 3 aromatic rings. The molecule has 2 aromatic carbocycles. The second kappa shape index (κ2) is 14.9. The lowest BCUT2D eigenvalue weighted by atomic mass is 9.59.